The summed E-state index contributed by atoms with van der Waals surface area (Å²) < 4.78 is 11.1. The second kappa shape index (κ2) is 9.23. The van der Waals surface area contributed by atoms with Crippen LogP contribution in [0.1, 0.15) is 57.5 Å². The number of ether oxygens (including phenoxy) is 2. The van der Waals surface area contributed by atoms with Crippen LogP contribution in [0.2, 0.25) is 0 Å². The summed E-state index contributed by atoms with van der Waals surface area (Å²) in [6.45, 7) is 0.536. The third-order valence-electron chi connectivity index (χ3n) is 5.82. The zero-order valence-electron chi connectivity index (χ0n) is 16.6. The van der Waals surface area contributed by atoms with Crippen LogP contribution in [0.4, 0.5) is 0 Å². The van der Waals surface area contributed by atoms with Crippen molar-refractivity contribution in [1.82, 2.24) is 0 Å². The number of carbonyl (C=O) groups excluding carboxylic acids is 3. The summed E-state index contributed by atoms with van der Waals surface area (Å²) in [4.78, 5) is 36.6. The molecule has 0 amide bonds. The molecule has 0 bridgehead atoms. The molecule has 1 fully saturated rings. The molecule has 0 radical (unpaired) electrons. The van der Waals surface area contributed by atoms with Gasteiger partial charge in [-0.2, -0.15) is 0 Å². The Morgan fingerprint density at radius 2 is 1.47 bits per heavy atom. The lowest BCUT2D eigenvalue weighted by atomic mass is 9.93. The van der Waals surface area contributed by atoms with Gasteiger partial charge in [0.25, 0.3) is 0 Å². The van der Waals surface area contributed by atoms with E-state index in [1.54, 1.807) is 6.07 Å². The predicted molar refractivity (Wildman–Crippen MR) is 116 cm³/mol. The third kappa shape index (κ3) is 4.40. The van der Waals surface area contributed by atoms with Crippen molar-refractivity contribution in [2.45, 2.75) is 38.9 Å². The normalized spacial score (nSPS) is 15.8. The Labute approximate surface area is 183 Å². The highest BCUT2D eigenvalue weighted by molar-refractivity contribution is 9.09. The number of ketones is 2. The molecule has 156 valence electrons. The molecule has 30 heavy (non-hydrogen) atoms. The number of rotatable bonds is 6. The second-order valence-electron chi connectivity index (χ2n) is 7.81. The van der Waals surface area contributed by atoms with Gasteiger partial charge in [-0.05, 0) is 47.2 Å². The van der Waals surface area contributed by atoms with Gasteiger partial charge >= 0.3 is 5.97 Å². The Morgan fingerprint density at radius 3 is 2.03 bits per heavy atom. The van der Waals surface area contributed by atoms with Crippen LogP contribution in [0, 0.1) is 5.92 Å². The molecule has 1 heterocycles. The molecule has 2 aliphatic rings. The van der Waals surface area contributed by atoms with Gasteiger partial charge in [-0.1, -0.05) is 53.0 Å². The molecule has 2 aromatic rings. The van der Waals surface area contributed by atoms with Gasteiger partial charge in [-0.15, -0.1) is 0 Å². The summed E-state index contributed by atoms with van der Waals surface area (Å²) in [5, 5.41) is 0.278. The van der Waals surface area contributed by atoms with Crippen LogP contribution in [0.5, 0.6) is 0 Å². The molecule has 1 aliphatic carbocycles. The van der Waals surface area contributed by atoms with E-state index in [4.69, 9.17) is 9.47 Å². The smallest absolute Gasteiger partial charge is 0.309 e. The van der Waals surface area contributed by atoms with Crippen LogP contribution in [0.25, 0.3) is 11.1 Å². The highest BCUT2D eigenvalue weighted by Crippen LogP contribution is 2.33. The lowest BCUT2D eigenvalue weighted by Crippen LogP contribution is -2.19. The number of benzene rings is 2. The van der Waals surface area contributed by atoms with E-state index >= 15 is 0 Å². The molecule has 1 aliphatic heterocycles. The number of carbonyl (C=O) groups is 3. The van der Waals surface area contributed by atoms with Crippen LogP contribution in [0.15, 0.2) is 36.4 Å². The summed E-state index contributed by atoms with van der Waals surface area (Å²) in [6.07, 6.45) is 3.80. The largest absolute Gasteiger partial charge is 0.457 e. The summed E-state index contributed by atoms with van der Waals surface area (Å²) in [6, 6.07) is 11.1. The van der Waals surface area contributed by atoms with Crippen LogP contribution >= 0.6 is 15.9 Å². The van der Waals surface area contributed by atoms with Gasteiger partial charge in [0.15, 0.2) is 18.2 Å². The molecule has 0 atom stereocenters. The number of Topliss-reactive ketones (excluding diaryl/α,β-unsaturated/α-hetero) is 2. The van der Waals surface area contributed by atoms with Crippen molar-refractivity contribution < 1.29 is 23.9 Å². The average Bonchev–Trinajstić information content (AvgIpc) is 3.25. The van der Waals surface area contributed by atoms with Crippen LogP contribution < -0.4 is 0 Å². The second-order valence-corrected chi connectivity index (χ2v) is 8.37. The Bertz CT molecular complexity index is 991. The zero-order valence-corrected chi connectivity index (χ0v) is 18.2. The zero-order chi connectivity index (χ0) is 21.1. The first-order chi connectivity index (χ1) is 14.6. The fourth-order valence-corrected chi connectivity index (χ4v) is 4.47. The van der Waals surface area contributed by atoms with Gasteiger partial charge in [-0.25, -0.2) is 0 Å². The topological polar surface area (TPSA) is 69.7 Å². The number of hydrogen-bond donors (Lipinski definition) is 0. The van der Waals surface area contributed by atoms with Crippen molar-refractivity contribution in [1.29, 1.82) is 0 Å². The monoisotopic (exact) mass is 470 g/mol. The van der Waals surface area contributed by atoms with Crippen LogP contribution in [-0.4, -0.2) is 29.5 Å². The molecule has 0 N–H and O–H groups in total. The highest BCUT2D eigenvalue weighted by Gasteiger charge is 2.25. The minimum absolute atomic E-state index is 0.0235. The molecular formula is C24H23BrO5. The van der Waals surface area contributed by atoms with Crippen LogP contribution in [-0.2, 0) is 27.5 Å². The van der Waals surface area contributed by atoms with Gasteiger partial charge < -0.3 is 9.47 Å². The molecule has 4 rings (SSSR count). The van der Waals surface area contributed by atoms with Gasteiger partial charge in [0.1, 0.15) is 0 Å². The first kappa shape index (κ1) is 20.9. The lowest BCUT2D eigenvalue weighted by molar-refractivity contribution is -0.147. The quantitative estimate of drug-likeness (QED) is 0.341. The number of esters is 1. The van der Waals surface area contributed by atoms with E-state index in [-0.39, 0.29) is 35.4 Å². The fraction of sp³-hybridized carbons (Fsp3) is 0.375. The molecule has 0 spiro atoms. The fourth-order valence-electron chi connectivity index (χ4n) is 4.15. The highest BCUT2D eigenvalue weighted by atomic mass is 79.9. The minimum Gasteiger partial charge on any atom is -0.457 e. The SMILES string of the molecule is O=C(CBr)c1ccc2c(c1)COCc1cc(C(=O)COC(=O)C3CCCC3)ccc1-2. The summed E-state index contributed by atoms with van der Waals surface area (Å²) in [5.41, 5.74) is 4.99. The van der Waals surface area contributed by atoms with Crippen molar-refractivity contribution in [3.05, 3.63) is 58.7 Å². The molecular weight excluding hydrogens is 448 g/mol. The Morgan fingerprint density at radius 1 is 0.900 bits per heavy atom. The van der Waals surface area contributed by atoms with E-state index in [2.05, 4.69) is 15.9 Å². The molecule has 6 heteroatoms. The van der Waals surface area contributed by atoms with Crippen molar-refractivity contribution in [3.63, 3.8) is 0 Å². The molecule has 1 saturated carbocycles. The minimum atomic E-state index is -0.262. The first-order valence-corrected chi connectivity index (χ1v) is 11.3. The number of hydrogen-bond acceptors (Lipinski definition) is 5. The van der Waals surface area contributed by atoms with E-state index in [9.17, 15) is 14.4 Å². The molecule has 5 nitrogen and oxygen atoms in total. The molecule has 0 unspecified atom stereocenters. The maximum absolute atomic E-state index is 12.6. The van der Waals surface area contributed by atoms with Crippen molar-refractivity contribution >= 4 is 33.5 Å². The summed E-state index contributed by atoms with van der Waals surface area (Å²) >= 11 is 3.21. The van der Waals surface area contributed by atoms with Crippen molar-refractivity contribution in [2.75, 3.05) is 11.9 Å². The van der Waals surface area contributed by atoms with E-state index < -0.39 is 0 Å². The maximum Gasteiger partial charge on any atom is 0.309 e. The third-order valence-corrected chi connectivity index (χ3v) is 6.32. The van der Waals surface area contributed by atoms with Crippen LogP contribution in [0.3, 0.4) is 0 Å². The van der Waals surface area contributed by atoms with E-state index in [0.717, 1.165) is 47.9 Å². The lowest BCUT2D eigenvalue weighted by Gasteiger charge is -2.12. The van der Waals surface area contributed by atoms with Gasteiger partial charge in [-0.3, -0.25) is 14.4 Å². The molecule has 2 aromatic carbocycles. The average molecular weight is 471 g/mol. The molecule has 0 aromatic heterocycles. The number of fused-ring (bicyclic) bond motifs is 3. The standard InChI is InChI=1S/C24H23BrO5/c25-11-22(26)16-5-7-20-18(9-16)12-29-13-19-10-17(6-8-21(19)20)23(27)14-30-24(28)15-3-1-2-4-15/h5-10,15H,1-4,11-14H2. The molecule has 0 saturated heterocycles. The summed E-state index contributed by atoms with van der Waals surface area (Å²) in [7, 11) is 0. The maximum atomic E-state index is 12.6. The van der Waals surface area contributed by atoms with Gasteiger partial charge in [0, 0.05) is 11.1 Å². The summed E-state index contributed by atoms with van der Waals surface area (Å²) in [5.74, 6) is -0.514. The predicted octanol–water partition coefficient (Wildman–Crippen LogP) is 4.88. The van der Waals surface area contributed by atoms with E-state index in [0.29, 0.717) is 24.3 Å². The van der Waals surface area contributed by atoms with Crippen molar-refractivity contribution in [3.8, 4) is 11.1 Å². The Kier molecular flexibility index (Phi) is 6.44. The number of halogens is 1. The Balaban J connectivity index is 1.52. The van der Waals surface area contributed by atoms with Crippen molar-refractivity contribution in [2.24, 2.45) is 5.92 Å². The number of alkyl halides is 1. The van der Waals surface area contributed by atoms with Gasteiger partial charge in [0.05, 0.1) is 24.5 Å². The van der Waals surface area contributed by atoms with E-state index in [1.807, 2.05) is 30.3 Å². The van der Waals surface area contributed by atoms with Gasteiger partial charge in [0.2, 0.25) is 0 Å². The van der Waals surface area contributed by atoms with E-state index in [1.165, 1.54) is 0 Å². The Hall–Kier alpha value is -2.31. The first-order valence-electron chi connectivity index (χ1n) is 10.2.